The Morgan fingerprint density at radius 2 is 2.22 bits per heavy atom. The number of amides is 1. The molecule has 1 aliphatic rings. The van der Waals surface area contributed by atoms with Gasteiger partial charge in [-0.25, -0.2) is 0 Å². The van der Waals surface area contributed by atoms with Crippen molar-refractivity contribution >= 4 is 30.7 Å². The van der Waals surface area contributed by atoms with Crippen molar-refractivity contribution in [3.63, 3.8) is 0 Å². The Kier molecular flexibility index (Phi) is 7.28. The van der Waals surface area contributed by atoms with Crippen LogP contribution in [0.25, 0.3) is 0 Å². The molecule has 18 heavy (non-hydrogen) atoms. The van der Waals surface area contributed by atoms with E-state index in [4.69, 9.17) is 0 Å². The summed E-state index contributed by atoms with van der Waals surface area (Å²) in [4.78, 5) is 14.0. The van der Waals surface area contributed by atoms with E-state index in [9.17, 15) is 4.79 Å². The van der Waals surface area contributed by atoms with Crippen molar-refractivity contribution in [2.75, 3.05) is 13.1 Å². The number of aromatic nitrogens is 2. The van der Waals surface area contributed by atoms with Crippen molar-refractivity contribution in [1.82, 2.24) is 20.4 Å². The lowest BCUT2D eigenvalue weighted by Gasteiger charge is -2.38. The molecule has 1 aliphatic heterocycles. The SMILES string of the molecule is CC1NCCN(C(=O)Cc2ccn[nH]2)C1C.Cl.Cl. The second-order valence-corrected chi connectivity index (χ2v) is 4.33. The molecule has 1 aromatic rings. The van der Waals surface area contributed by atoms with E-state index >= 15 is 0 Å². The highest BCUT2D eigenvalue weighted by molar-refractivity contribution is 5.85. The largest absolute Gasteiger partial charge is 0.337 e. The smallest absolute Gasteiger partial charge is 0.228 e. The van der Waals surface area contributed by atoms with Crippen molar-refractivity contribution < 1.29 is 4.79 Å². The molecule has 5 nitrogen and oxygen atoms in total. The average molecular weight is 295 g/mol. The van der Waals surface area contributed by atoms with Crippen molar-refractivity contribution in [3.8, 4) is 0 Å². The first-order valence-electron chi connectivity index (χ1n) is 5.69. The summed E-state index contributed by atoms with van der Waals surface area (Å²) in [7, 11) is 0. The minimum Gasteiger partial charge on any atom is -0.337 e. The number of carbonyl (C=O) groups is 1. The van der Waals surface area contributed by atoms with Gasteiger partial charge in [0.15, 0.2) is 0 Å². The van der Waals surface area contributed by atoms with Gasteiger partial charge in [-0.2, -0.15) is 5.10 Å². The average Bonchev–Trinajstić information content (AvgIpc) is 2.74. The zero-order valence-electron chi connectivity index (χ0n) is 10.5. The number of hydrogen-bond donors (Lipinski definition) is 2. The first kappa shape index (κ1) is 17.2. The predicted octanol–water partition coefficient (Wildman–Crippen LogP) is 1.00. The summed E-state index contributed by atoms with van der Waals surface area (Å²) in [6, 6.07) is 2.46. The molecule has 1 saturated heterocycles. The third kappa shape index (κ3) is 3.86. The molecule has 2 unspecified atom stereocenters. The Labute approximate surface area is 120 Å². The van der Waals surface area contributed by atoms with Crippen molar-refractivity contribution in [1.29, 1.82) is 0 Å². The molecule has 7 heteroatoms. The number of halogens is 2. The molecule has 2 heterocycles. The number of carbonyl (C=O) groups excluding carboxylic acids is 1. The van der Waals surface area contributed by atoms with Crippen LogP contribution in [0.5, 0.6) is 0 Å². The van der Waals surface area contributed by atoms with Gasteiger partial charge in [-0.15, -0.1) is 24.8 Å². The topological polar surface area (TPSA) is 61.0 Å². The molecule has 0 bridgehead atoms. The van der Waals surface area contributed by atoms with E-state index in [-0.39, 0.29) is 36.8 Å². The number of rotatable bonds is 2. The van der Waals surface area contributed by atoms with E-state index in [1.165, 1.54) is 0 Å². The van der Waals surface area contributed by atoms with E-state index in [0.717, 1.165) is 18.8 Å². The molecule has 0 radical (unpaired) electrons. The lowest BCUT2D eigenvalue weighted by molar-refractivity contribution is -0.134. The summed E-state index contributed by atoms with van der Waals surface area (Å²) in [6.07, 6.45) is 2.09. The molecule has 2 atom stereocenters. The van der Waals surface area contributed by atoms with Gasteiger partial charge in [0, 0.05) is 37.1 Å². The zero-order chi connectivity index (χ0) is 11.5. The van der Waals surface area contributed by atoms with Gasteiger partial charge < -0.3 is 10.2 Å². The third-order valence-corrected chi connectivity index (χ3v) is 3.25. The summed E-state index contributed by atoms with van der Waals surface area (Å²) in [6.45, 7) is 5.86. The molecule has 1 aromatic heterocycles. The van der Waals surface area contributed by atoms with Gasteiger partial charge in [0.1, 0.15) is 0 Å². The number of piperazine rings is 1. The molecule has 0 spiro atoms. The van der Waals surface area contributed by atoms with Crippen LogP contribution in [0.15, 0.2) is 12.3 Å². The minimum atomic E-state index is 0. The number of aromatic amines is 1. The Hall–Kier alpha value is -0.780. The molecule has 2 N–H and O–H groups in total. The normalized spacial score (nSPS) is 22.9. The molecule has 0 saturated carbocycles. The van der Waals surface area contributed by atoms with Crippen LogP contribution >= 0.6 is 24.8 Å². The lowest BCUT2D eigenvalue weighted by Crippen LogP contribution is -2.57. The maximum Gasteiger partial charge on any atom is 0.228 e. The van der Waals surface area contributed by atoms with Gasteiger partial charge in [-0.05, 0) is 19.9 Å². The van der Waals surface area contributed by atoms with Gasteiger partial charge in [0.25, 0.3) is 0 Å². The summed E-state index contributed by atoms with van der Waals surface area (Å²) in [5.74, 6) is 0.171. The zero-order valence-corrected chi connectivity index (χ0v) is 12.2. The molecule has 2 rings (SSSR count). The fraction of sp³-hybridized carbons (Fsp3) is 0.636. The van der Waals surface area contributed by atoms with Gasteiger partial charge in [0.2, 0.25) is 5.91 Å². The van der Waals surface area contributed by atoms with Gasteiger partial charge >= 0.3 is 0 Å². The number of nitrogens with one attached hydrogen (secondary N) is 2. The molecule has 1 amide bonds. The highest BCUT2D eigenvalue weighted by Gasteiger charge is 2.27. The third-order valence-electron chi connectivity index (χ3n) is 3.25. The van der Waals surface area contributed by atoms with Crippen molar-refractivity contribution in [3.05, 3.63) is 18.0 Å². The van der Waals surface area contributed by atoms with E-state index in [1.54, 1.807) is 6.20 Å². The van der Waals surface area contributed by atoms with Crippen molar-refractivity contribution in [2.45, 2.75) is 32.4 Å². The van der Waals surface area contributed by atoms with Gasteiger partial charge in [0.05, 0.1) is 6.42 Å². The van der Waals surface area contributed by atoms with Crippen LogP contribution in [0.1, 0.15) is 19.5 Å². The predicted molar refractivity (Wildman–Crippen MR) is 75.4 cm³/mol. The van der Waals surface area contributed by atoms with Crippen molar-refractivity contribution in [2.24, 2.45) is 0 Å². The fourth-order valence-corrected chi connectivity index (χ4v) is 2.06. The first-order chi connectivity index (χ1) is 7.68. The highest BCUT2D eigenvalue weighted by atomic mass is 35.5. The van der Waals surface area contributed by atoms with Crippen LogP contribution in [-0.4, -0.2) is 46.2 Å². The summed E-state index contributed by atoms with van der Waals surface area (Å²) < 4.78 is 0. The highest BCUT2D eigenvalue weighted by Crippen LogP contribution is 2.10. The Morgan fingerprint density at radius 3 is 2.83 bits per heavy atom. The second-order valence-electron chi connectivity index (χ2n) is 4.33. The molecule has 104 valence electrons. The number of hydrogen-bond acceptors (Lipinski definition) is 3. The Morgan fingerprint density at radius 1 is 1.50 bits per heavy atom. The summed E-state index contributed by atoms with van der Waals surface area (Å²) in [5, 5.41) is 10.0. The monoisotopic (exact) mass is 294 g/mol. The molecular weight excluding hydrogens is 275 g/mol. The van der Waals surface area contributed by atoms with Crippen LogP contribution < -0.4 is 5.32 Å². The summed E-state index contributed by atoms with van der Waals surface area (Å²) >= 11 is 0. The molecular formula is C11H20Cl2N4O. The fourth-order valence-electron chi connectivity index (χ4n) is 2.06. The van der Waals surface area contributed by atoms with E-state index < -0.39 is 0 Å². The minimum absolute atomic E-state index is 0. The van der Waals surface area contributed by atoms with E-state index in [2.05, 4.69) is 29.4 Å². The maximum atomic E-state index is 12.1. The van der Waals surface area contributed by atoms with Crippen LogP contribution in [0, 0.1) is 0 Å². The molecule has 0 aliphatic carbocycles. The maximum absolute atomic E-state index is 12.1. The van der Waals surface area contributed by atoms with Gasteiger partial charge in [-0.3, -0.25) is 9.89 Å². The molecule has 0 aromatic carbocycles. The number of nitrogens with zero attached hydrogens (tertiary/aromatic N) is 2. The second kappa shape index (κ2) is 7.61. The first-order valence-corrected chi connectivity index (χ1v) is 5.69. The number of H-pyrrole nitrogens is 1. The van der Waals surface area contributed by atoms with Crippen LogP contribution in [0.3, 0.4) is 0 Å². The standard InChI is InChI=1S/C11H18N4O.2ClH/c1-8-9(2)15(6-5-12-8)11(16)7-10-3-4-13-14-10;;/h3-4,8-9,12H,5-7H2,1-2H3,(H,13,14);2*1H. The molecule has 1 fully saturated rings. The van der Waals surface area contributed by atoms with Crippen LogP contribution in [0.2, 0.25) is 0 Å². The van der Waals surface area contributed by atoms with E-state index in [0.29, 0.717) is 12.5 Å². The Balaban J connectivity index is 0.00000144. The Bertz CT molecular complexity index is 358. The van der Waals surface area contributed by atoms with Gasteiger partial charge in [-0.1, -0.05) is 0 Å². The quantitative estimate of drug-likeness (QED) is 0.856. The van der Waals surface area contributed by atoms with Crippen LogP contribution in [-0.2, 0) is 11.2 Å². The van der Waals surface area contributed by atoms with E-state index in [1.807, 2.05) is 11.0 Å². The lowest BCUT2D eigenvalue weighted by atomic mass is 10.1. The van der Waals surface area contributed by atoms with Crippen LogP contribution in [0.4, 0.5) is 0 Å². The summed E-state index contributed by atoms with van der Waals surface area (Å²) in [5.41, 5.74) is 0.878.